The van der Waals surface area contributed by atoms with Crippen LogP contribution in [-0.2, 0) is 0 Å². The van der Waals surface area contributed by atoms with Crippen LogP contribution in [-0.4, -0.2) is 26.5 Å². The van der Waals surface area contributed by atoms with Crippen molar-refractivity contribution in [1.29, 1.82) is 0 Å². The Morgan fingerprint density at radius 1 is 0.929 bits per heavy atom. The van der Waals surface area contributed by atoms with Gasteiger partial charge in [0.05, 0.1) is 0 Å². The summed E-state index contributed by atoms with van der Waals surface area (Å²) in [7, 11) is -1.14. The van der Waals surface area contributed by atoms with Crippen molar-refractivity contribution < 1.29 is 0 Å². The Bertz CT molecular complexity index is 285. The van der Waals surface area contributed by atoms with Gasteiger partial charge in [-0.05, 0) is 0 Å². The van der Waals surface area contributed by atoms with E-state index in [-0.39, 0.29) is 0 Å². The van der Waals surface area contributed by atoms with E-state index in [4.69, 9.17) is 0 Å². The first kappa shape index (κ1) is 12.3. The monoisotopic (exact) mass is 314 g/mol. The molecule has 14 heavy (non-hydrogen) atoms. The van der Waals surface area contributed by atoms with Crippen LogP contribution in [0.25, 0.3) is 0 Å². The number of rotatable bonds is 2. The zero-order valence-electron chi connectivity index (χ0n) is 10.3. The molecule has 0 N–H and O–H groups in total. The van der Waals surface area contributed by atoms with E-state index >= 15 is 0 Å². The van der Waals surface area contributed by atoms with Gasteiger partial charge in [0, 0.05) is 0 Å². The van der Waals surface area contributed by atoms with Crippen LogP contribution in [0.3, 0.4) is 0 Å². The van der Waals surface area contributed by atoms with Crippen molar-refractivity contribution in [1.82, 2.24) is 0 Å². The van der Waals surface area contributed by atoms with Crippen LogP contribution in [0.1, 0.15) is 0 Å². The third-order valence-corrected chi connectivity index (χ3v) is 11.2. The van der Waals surface area contributed by atoms with Gasteiger partial charge in [-0.3, -0.25) is 0 Å². The van der Waals surface area contributed by atoms with Crippen LogP contribution in [0.5, 0.6) is 0 Å². The zero-order chi connectivity index (χ0) is 11.0. The molecule has 0 amide bonds. The second-order valence-electron chi connectivity index (χ2n) is 6.05. The molecule has 78 valence electrons. The number of hydrogen-bond donors (Lipinski definition) is 0. The molecule has 0 unspecified atom stereocenters. The first-order valence-electron chi connectivity index (χ1n) is 5.33. The molecule has 1 aromatic carbocycles. The third-order valence-electron chi connectivity index (χ3n) is 2.54. The van der Waals surface area contributed by atoms with E-state index in [9.17, 15) is 0 Å². The van der Waals surface area contributed by atoms with E-state index in [1.807, 2.05) is 0 Å². The van der Waals surface area contributed by atoms with Crippen molar-refractivity contribution in [3.63, 3.8) is 0 Å². The molecule has 0 saturated heterocycles. The van der Waals surface area contributed by atoms with Crippen LogP contribution in [0.15, 0.2) is 24.3 Å². The van der Waals surface area contributed by atoms with E-state index in [1.165, 1.54) is 0 Å². The van der Waals surface area contributed by atoms with Crippen molar-refractivity contribution in [3.8, 4) is 0 Å². The molecule has 0 bridgehead atoms. The molecule has 0 aliphatic heterocycles. The Morgan fingerprint density at radius 3 is 1.79 bits per heavy atom. The summed E-state index contributed by atoms with van der Waals surface area (Å²) < 4.78 is 1.74. The van der Waals surface area contributed by atoms with Crippen molar-refractivity contribution in [2.75, 3.05) is 0 Å². The van der Waals surface area contributed by atoms with Crippen molar-refractivity contribution >= 4 is 35.2 Å². The molecule has 0 atom stereocenters. The van der Waals surface area contributed by atoms with Gasteiger partial charge < -0.3 is 0 Å². The maximum atomic E-state index is 2.51. The van der Waals surface area contributed by atoms with E-state index in [1.54, 1.807) is 8.77 Å². The molecular formula is C12H22SiSn. The Morgan fingerprint density at radius 2 is 1.43 bits per heavy atom. The van der Waals surface area contributed by atoms with Crippen LogP contribution in [0, 0.1) is 0 Å². The molecule has 0 fully saturated rings. The number of hydrogen-bond acceptors (Lipinski definition) is 0. The SMILES string of the molecule is C[Si](C)(C)c1cccc[c]1[Sn]([CH3])([CH3])[CH3]. The first-order chi connectivity index (χ1) is 6.23. The third kappa shape index (κ3) is 2.86. The van der Waals surface area contributed by atoms with Gasteiger partial charge in [0.2, 0.25) is 0 Å². The van der Waals surface area contributed by atoms with Crippen LogP contribution in [0.4, 0.5) is 0 Å². The Hall–Kier alpha value is 0.236. The Kier molecular flexibility index (Phi) is 3.52. The topological polar surface area (TPSA) is 0 Å². The quantitative estimate of drug-likeness (QED) is 0.737. The van der Waals surface area contributed by atoms with Crippen molar-refractivity contribution in [3.05, 3.63) is 24.3 Å². The zero-order valence-corrected chi connectivity index (χ0v) is 14.2. The van der Waals surface area contributed by atoms with E-state index in [0.29, 0.717) is 0 Å². The predicted octanol–water partition coefficient (Wildman–Crippen LogP) is 2.78. The summed E-state index contributed by atoms with van der Waals surface area (Å²) in [4.78, 5) is 7.52. The molecule has 2 heteroatoms. The van der Waals surface area contributed by atoms with Gasteiger partial charge in [-0.1, -0.05) is 0 Å². The summed E-state index contributed by atoms with van der Waals surface area (Å²) in [6.45, 7) is 7.34. The van der Waals surface area contributed by atoms with Gasteiger partial charge in [0.1, 0.15) is 0 Å². The average molecular weight is 313 g/mol. The van der Waals surface area contributed by atoms with Crippen LogP contribution < -0.4 is 8.77 Å². The fraction of sp³-hybridized carbons (Fsp3) is 0.500. The molecule has 1 rings (SSSR count). The standard InChI is InChI=1S/C9H13Si.3CH3.Sn/c1-10(2,3)9-7-5-4-6-8-9;;;;/h4-7H,1-3H3;3*1H3;. The summed E-state index contributed by atoms with van der Waals surface area (Å²) >= 11 is -1.88. The summed E-state index contributed by atoms with van der Waals surface area (Å²) in [5, 5.41) is 1.70. The minimum atomic E-state index is -1.88. The summed E-state index contributed by atoms with van der Waals surface area (Å²) in [6.07, 6.45) is 0. The van der Waals surface area contributed by atoms with Gasteiger partial charge in [-0.2, -0.15) is 0 Å². The van der Waals surface area contributed by atoms with Crippen molar-refractivity contribution in [2.24, 2.45) is 0 Å². The average Bonchev–Trinajstić information content (AvgIpc) is 2.01. The minimum absolute atomic E-state index is 1.14. The molecule has 0 heterocycles. The van der Waals surface area contributed by atoms with Gasteiger partial charge in [-0.15, -0.1) is 0 Å². The molecule has 0 saturated carbocycles. The fourth-order valence-corrected chi connectivity index (χ4v) is 13.3. The fourth-order valence-electron chi connectivity index (χ4n) is 1.79. The molecule has 1 aromatic rings. The maximum absolute atomic E-state index is 2.51. The molecule has 0 aromatic heterocycles. The molecular weight excluding hydrogens is 291 g/mol. The van der Waals surface area contributed by atoms with Gasteiger partial charge >= 0.3 is 93.9 Å². The summed E-state index contributed by atoms with van der Waals surface area (Å²) in [5.74, 6) is 0. The van der Waals surface area contributed by atoms with Crippen LogP contribution in [0.2, 0.25) is 34.5 Å². The predicted molar refractivity (Wildman–Crippen MR) is 72.4 cm³/mol. The number of benzene rings is 1. The second kappa shape index (κ2) is 4.01. The van der Waals surface area contributed by atoms with E-state index < -0.39 is 26.5 Å². The first-order valence-corrected chi connectivity index (χ1v) is 18.8. The van der Waals surface area contributed by atoms with E-state index in [2.05, 4.69) is 58.7 Å². The van der Waals surface area contributed by atoms with E-state index in [0.717, 1.165) is 0 Å². The van der Waals surface area contributed by atoms with Gasteiger partial charge in [0.15, 0.2) is 0 Å². The van der Waals surface area contributed by atoms with Gasteiger partial charge in [-0.25, -0.2) is 0 Å². The molecule has 0 nitrogen and oxygen atoms in total. The summed E-state index contributed by atoms with van der Waals surface area (Å²) in [6, 6.07) is 9.16. The molecule has 0 aliphatic carbocycles. The Balaban J connectivity index is 3.31. The second-order valence-corrected chi connectivity index (χ2v) is 25.5. The summed E-state index contributed by atoms with van der Waals surface area (Å²) in [5.41, 5.74) is 0. The van der Waals surface area contributed by atoms with Crippen LogP contribution >= 0.6 is 0 Å². The van der Waals surface area contributed by atoms with Crippen molar-refractivity contribution in [2.45, 2.75) is 34.5 Å². The van der Waals surface area contributed by atoms with Gasteiger partial charge in [0.25, 0.3) is 0 Å². The molecule has 0 aliphatic rings. The molecule has 0 radical (unpaired) electrons. The normalized spacial score (nSPS) is 13.0. The molecule has 0 spiro atoms. The Labute approximate surface area is 93.6 Å².